The molecule has 0 aromatic rings. The lowest BCUT2D eigenvalue weighted by Crippen LogP contribution is -2.55. The fourth-order valence-corrected chi connectivity index (χ4v) is 9.92. The van der Waals surface area contributed by atoms with Crippen LogP contribution >= 0.6 is 0 Å². The maximum atomic E-state index is 13.3. The van der Waals surface area contributed by atoms with Crippen LogP contribution in [0.3, 0.4) is 0 Å². The number of rotatable bonds is 10. The van der Waals surface area contributed by atoms with Gasteiger partial charge >= 0.3 is 5.97 Å². The highest BCUT2D eigenvalue weighted by Gasteiger charge is 2.52. The van der Waals surface area contributed by atoms with E-state index >= 15 is 0 Å². The average Bonchev–Trinajstić information content (AvgIpc) is 2.83. The number of nitrogens with one attached hydrogen (secondary N) is 3. The fraction of sp³-hybridized carbons (Fsp3) is 0.857. The summed E-state index contributed by atoms with van der Waals surface area (Å²) >= 11 is 0. The molecule has 8 bridgehead atoms. The van der Waals surface area contributed by atoms with Gasteiger partial charge in [0.05, 0.1) is 19.9 Å². The summed E-state index contributed by atoms with van der Waals surface area (Å²) in [6.07, 6.45) is 12.0. The van der Waals surface area contributed by atoms with Crippen molar-refractivity contribution in [1.82, 2.24) is 20.9 Å². The van der Waals surface area contributed by atoms with Crippen molar-refractivity contribution in [3.8, 4) is 0 Å². The van der Waals surface area contributed by atoms with Crippen LogP contribution in [0.5, 0.6) is 0 Å². The van der Waals surface area contributed by atoms with Gasteiger partial charge in [-0.3, -0.25) is 24.1 Å². The molecule has 37 heavy (non-hydrogen) atoms. The lowest BCUT2D eigenvalue weighted by Gasteiger charge is -2.53. The smallest absolute Gasteiger partial charge is 0.322 e. The van der Waals surface area contributed by atoms with Gasteiger partial charge in [-0.05, 0) is 112 Å². The van der Waals surface area contributed by atoms with E-state index in [4.69, 9.17) is 5.11 Å². The molecule has 8 rings (SSSR count). The zero-order chi connectivity index (χ0) is 25.7. The van der Waals surface area contributed by atoms with E-state index in [1.54, 1.807) is 4.90 Å². The molecule has 0 atom stereocenters. The Bertz CT molecular complexity index is 824. The number of nitrogens with zero attached hydrogens (tertiary/aromatic N) is 1. The van der Waals surface area contributed by atoms with E-state index in [-0.39, 0.29) is 43.5 Å². The lowest BCUT2D eigenvalue weighted by molar-refractivity contribution is -0.140. The van der Waals surface area contributed by atoms with E-state index in [2.05, 4.69) is 16.0 Å². The minimum atomic E-state index is -1.11. The third kappa shape index (κ3) is 5.25. The molecule has 0 unspecified atom stereocenters. The molecule has 0 aromatic heterocycles. The highest BCUT2D eigenvalue weighted by atomic mass is 16.4. The monoisotopic (exact) mass is 514 g/mol. The SMILES string of the molecule is O=C(O)CNC(=O)CN(CNC(=O)C1C2CC3CC(C2)CC1C3)CNC(=O)C1C2CC3CC(C2)CC1C3. The Balaban J connectivity index is 1.05. The normalized spacial score (nSPS) is 40.6. The van der Waals surface area contributed by atoms with E-state index in [0.717, 1.165) is 75.0 Å². The summed E-state index contributed by atoms with van der Waals surface area (Å²) in [5, 5.41) is 17.4. The number of carbonyl (C=O) groups excluding carboxylic acids is 3. The van der Waals surface area contributed by atoms with Crippen LogP contribution < -0.4 is 16.0 Å². The third-order valence-corrected chi connectivity index (χ3v) is 10.8. The van der Waals surface area contributed by atoms with Gasteiger partial charge in [-0.2, -0.15) is 0 Å². The maximum absolute atomic E-state index is 13.3. The molecule has 3 amide bonds. The molecule has 8 aliphatic carbocycles. The number of amides is 3. The Labute approximate surface area is 218 Å². The van der Waals surface area contributed by atoms with Gasteiger partial charge in [0.2, 0.25) is 17.7 Å². The largest absolute Gasteiger partial charge is 0.480 e. The quantitative estimate of drug-likeness (QED) is 0.329. The Kier molecular flexibility index (Phi) is 6.92. The minimum absolute atomic E-state index is 0.0538. The van der Waals surface area contributed by atoms with E-state index in [0.29, 0.717) is 23.7 Å². The first-order chi connectivity index (χ1) is 17.8. The predicted molar refractivity (Wildman–Crippen MR) is 134 cm³/mol. The number of hydrogen-bond acceptors (Lipinski definition) is 5. The standard InChI is InChI=1S/C28H42N4O5/c33-23(29-11-24(34)35)12-32(13-30-27(36)25-19-3-15-1-16(5-19)6-20(25)4-15)14-31-28(37)26-21-7-17-2-18(9-21)10-22(26)8-17/h15-22,25-26H,1-14H2,(H,29,33)(H,30,36)(H,31,37)(H,34,35). The second-order valence-electron chi connectivity index (χ2n) is 13.3. The lowest BCUT2D eigenvalue weighted by atomic mass is 9.51. The first-order valence-electron chi connectivity index (χ1n) is 14.6. The molecule has 9 nitrogen and oxygen atoms in total. The zero-order valence-corrected chi connectivity index (χ0v) is 21.7. The van der Waals surface area contributed by atoms with E-state index < -0.39 is 18.4 Å². The van der Waals surface area contributed by atoms with Crippen molar-refractivity contribution in [3.05, 3.63) is 0 Å². The summed E-state index contributed by atoms with van der Waals surface area (Å²) in [6.45, 7) is -0.224. The van der Waals surface area contributed by atoms with E-state index in [1.807, 2.05) is 0 Å². The van der Waals surface area contributed by atoms with Crippen LogP contribution in [0.4, 0.5) is 0 Å². The second-order valence-corrected chi connectivity index (χ2v) is 13.3. The summed E-state index contributed by atoms with van der Waals surface area (Å²) in [4.78, 5) is 51.6. The predicted octanol–water partition coefficient (Wildman–Crippen LogP) is 1.78. The summed E-state index contributed by atoms with van der Waals surface area (Å²) in [5.41, 5.74) is 0. The second kappa shape index (κ2) is 10.2. The van der Waals surface area contributed by atoms with Gasteiger partial charge in [-0.15, -0.1) is 0 Å². The number of carbonyl (C=O) groups is 4. The highest BCUT2D eigenvalue weighted by molar-refractivity contribution is 5.83. The van der Waals surface area contributed by atoms with E-state index in [1.165, 1.54) is 12.8 Å². The fourth-order valence-electron chi connectivity index (χ4n) is 9.92. The van der Waals surface area contributed by atoms with Gasteiger partial charge in [0.25, 0.3) is 0 Å². The maximum Gasteiger partial charge on any atom is 0.322 e. The molecule has 0 aromatic carbocycles. The number of aliphatic carboxylic acids is 1. The molecule has 8 saturated carbocycles. The van der Waals surface area contributed by atoms with Crippen LogP contribution in [0.25, 0.3) is 0 Å². The van der Waals surface area contributed by atoms with Crippen molar-refractivity contribution in [3.63, 3.8) is 0 Å². The van der Waals surface area contributed by atoms with Crippen molar-refractivity contribution in [2.45, 2.75) is 64.2 Å². The number of hydrogen-bond donors (Lipinski definition) is 4. The zero-order valence-electron chi connectivity index (χ0n) is 21.7. The number of carboxylic acid groups (broad SMARTS) is 1. The Morgan fingerprint density at radius 1 is 0.595 bits per heavy atom. The third-order valence-electron chi connectivity index (χ3n) is 10.8. The molecule has 8 fully saturated rings. The summed E-state index contributed by atoms with van der Waals surface area (Å²) in [7, 11) is 0. The molecular formula is C28H42N4O5. The van der Waals surface area contributed by atoms with Crippen LogP contribution in [0.2, 0.25) is 0 Å². The van der Waals surface area contributed by atoms with Crippen molar-refractivity contribution < 1.29 is 24.3 Å². The van der Waals surface area contributed by atoms with Gasteiger partial charge in [-0.25, -0.2) is 0 Å². The van der Waals surface area contributed by atoms with Gasteiger partial charge in [-0.1, -0.05) is 0 Å². The number of carboxylic acids is 1. The van der Waals surface area contributed by atoms with Crippen LogP contribution in [0, 0.1) is 59.2 Å². The van der Waals surface area contributed by atoms with Gasteiger partial charge in [0.15, 0.2) is 0 Å². The Morgan fingerprint density at radius 2 is 0.973 bits per heavy atom. The molecule has 9 heteroatoms. The van der Waals surface area contributed by atoms with Crippen molar-refractivity contribution in [2.75, 3.05) is 26.4 Å². The molecule has 204 valence electrons. The van der Waals surface area contributed by atoms with Crippen molar-refractivity contribution >= 4 is 23.7 Å². The Morgan fingerprint density at radius 3 is 1.32 bits per heavy atom. The summed E-state index contributed by atoms with van der Waals surface area (Å²) < 4.78 is 0. The molecule has 0 heterocycles. The molecule has 4 N–H and O–H groups in total. The molecule has 0 spiro atoms. The topological polar surface area (TPSA) is 128 Å². The average molecular weight is 515 g/mol. The van der Waals surface area contributed by atoms with E-state index in [9.17, 15) is 19.2 Å². The van der Waals surface area contributed by atoms with Crippen LogP contribution in [0.1, 0.15) is 64.2 Å². The molecular weight excluding hydrogens is 472 g/mol. The van der Waals surface area contributed by atoms with Gasteiger partial charge in [0.1, 0.15) is 6.54 Å². The Hall–Kier alpha value is -2.16. The summed E-state index contributed by atoms with van der Waals surface area (Å²) in [5.74, 6) is 3.76. The molecule has 0 aliphatic heterocycles. The van der Waals surface area contributed by atoms with Gasteiger partial charge in [0, 0.05) is 11.8 Å². The van der Waals surface area contributed by atoms with Crippen molar-refractivity contribution in [1.29, 1.82) is 0 Å². The van der Waals surface area contributed by atoms with Crippen LogP contribution in [-0.4, -0.2) is 60.1 Å². The van der Waals surface area contributed by atoms with Crippen LogP contribution in [0.15, 0.2) is 0 Å². The first kappa shape index (κ1) is 25.1. The summed E-state index contributed by atoms with van der Waals surface area (Å²) in [6, 6.07) is 0. The first-order valence-corrected chi connectivity index (χ1v) is 14.6. The minimum Gasteiger partial charge on any atom is -0.480 e. The van der Waals surface area contributed by atoms with Gasteiger partial charge < -0.3 is 21.1 Å². The highest BCUT2D eigenvalue weighted by Crippen LogP contribution is 2.57. The molecule has 0 radical (unpaired) electrons. The van der Waals surface area contributed by atoms with Crippen LogP contribution in [-0.2, 0) is 19.2 Å². The molecule has 8 aliphatic rings. The molecule has 0 saturated heterocycles. The van der Waals surface area contributed by atoms with Crippen molar-refractivity contribution in [2.24, 2.45) is 59.2 Å².